The molecule has 2 heterocycles. The number of carbonyl (C=O) groups excluding carboxylic acids is 1. The number of imidazole rings is 1. The zero-order chi connectivity index (χ0) is 19.8. The zero-order valence-electron chi connectivity index (χ0n) is 14.0. The van der Waals surface area contributed by atoms with Gasteiger partial charge in [0.2, 0.25) is 5.82 Å². The minimum absolute atomic E-state index is 0.195. The van der Waals surface area contributed by atoms with Crippen LogP contribution in [0.4, 0.5) is 17.6 Å². The lowest BCUT2D eigenvalue weighted by atomic mass is 10.1. The average molecular weight is 387 g/mol. The maximum Gasteiger partial charge on any atom is 0.490 e. The molecule has 10 heteroatoms. The van der Waals surface area contributed by atoms with Crippen molar-refractivity contribution in [2.75, 3.05) is 0 Å². The van der Waals surface area contributed by atoms with Gasteiger partial charge in [-0.2, -0.15) is 13.2 Å². The van der Waals surface area contributed by atoms with E-state index in [1.807, 2.05) is 0 Å². The van der Waals surface area contributed by atoms with E-state index in [-0.39, 0.29) is 23.6 Å². The molecular formula is C17H17F4N3O3. The predicted molar refractivity (Wildman–Crippen MR) is 85.5 cm³/mol. The number of carboxylic acids is 1. The van der Waals surface area contributed by atoms with Gasteiger partial charge in [-0.1, -0.05) is 0 Å². The fourth-order valence-corrected chi connectivity index (χ4v) is 2.90. The van der Waals surface area contributed by atoms with Crippen LogP contribution in [-0.4, -0.2) is 38.6 Å². The number of nitrogens with zero attached hydrogens (tertiary/aromatic N) is 2. The summed E-state index contributed by atoms with van der Waals surface area (Å²) < 4.78 is 46.9. The van der Waals surface area contributed by atoms with Crippen LogP contribution in [0.1, 0.15) is 36.3 Å². The van der Waals surface area contributed by atoms with Crippen LogP contribution in [-0.2, 0) is 4.79 Å². The lowest BCUT2D eigenvalue weighted by Crippen LogP contribution is -2.38. The van der Waals surface area contributed by atoms with Gasteiger partial charge < -0.3 is 10.4 Å². The number of aliphatic carboxylic acids is 1. The summed E-state index contributed by atoms with van der Waals surface area (Å²) in [4.78, 5) is 25.4. The number of amides is 1. The first-order valence-electron chi connectivity index (χ1n) is 8.41. The quantitative estimate of drug-likeness (QED) is 0.790. The number of carboxylic acid groups (broad SMARTS) is 1. The maximum absolute atomic E-state index is 13.6. The third kappa shape index (κ3) is 4.55. The number of nitrogens with one attached hydrogen (secondary N) is 1. The minimum atomic E-state index is -5.08. The molecule has 4 rings (SSSR count). The Bertz CT molecular complexity index is 845. The SMILES string of the molecule is O=C(NC(C1CC1)C1CC1)c1ncc2c(F)cccn12.O=C(O)C(F)(F)F. The van der Waals surface area contributed by atoms with E-state index < -0.39 is 12.1 Å². The highest BCUT2D eigenvalue weighted by atomic mass is 19.4. The molecule has 1 amide bonds. The highest BCUT2D eigenvalue weighted by Gasteiger charge is 2.42. The van der Waals surface area contributed by atoms with E-state index in [1.54, 1.807) is 12.3 Å². The van der Waals surface area contributed by atoms with Gasteiger partial charge in [-0.15, -0.1) is 0 Å². The number of halogens is 4. The first kappa shape index (κ1) is 19.1. The third-order valence-electron chi connectivity index (χ3n) is 4.52. The molecule has 0 aliphatic heterocycles. The molecule has 0 unspecified atom stereocenters. The lowest BCUT2D eigenvalue weighted by molar-refractivity contribution is -0.192. The molecule has 2 fully saturated rings. The first-order chi connectivity index (χ1) is 12.7. The van der Waals surface area contributed by atoms with Crippen molar-refractivity contribution in [3.63, 3.8) is 0 Å². The van der Waals surface area contributed by atoms with Crippen molar-refractivity contribution in [2.24, 2.45) is 11.8 Å². The number of aromatic nitrogens is 2. The monoisotopic (exact) mass is 387 g/mol. The Kier molecular flexibility index (Phi) is 5.07. The molecule has 146 valence electrons. The summed E-state index contributed by atoms with van der Waals surface area (Å²) in [6.07, 6.45) is 2.82. The van der Waals surface area contributed by atoms with Crippen LogP contribution in [0.5, 0.6) is 0 Å². The van der Waals surface area contributed by atoms with Crippen LogP contribution in [0.2, 0.25) is 0 Å². The van der Waals surface area contributed by atoms with Crippen molar-refractivity contribution in [3.8, 4) is 0 Å². The summed E-state index contributed by atoms with van der Waals surface area (Å²) >= 11 is 0. The third-order valence-corrected chi connectivity index (χ3v) is 4.52. The molecule has 2 saturated carbocycles. The van der Waals surface area contributed by atoms with Crippen LogP contribution in [0.3, 0.4) is 0 Å². The van der Waals surface area contributed by atoms with E-state index in [2.05, 4.69) is 10.3 Å². The lowest BCUT2D eigenvalue weighted by Gasteiger charge is -2.17. The number of alkyl halides is 3. The summed E-state index contributed by atoms with van der Waals surface area (Å²) in [6, 6.07) is 3.24. The highest BCUT2D eigenvalue weighted by Crippen LogP contribution is 2.44. The molecule has 2 aromatic heterocycles. The summed E-state index contributed by atoms with van der Waals surface area (Å²) in [5, 5.41) is 10.2. The van der Waals surface area contributed by atoms with Gasteiger partial charge in [0.15, 0.2) is 0 Å². The zero-order valence-corrected chi connectivity index (χ0v) is 14.0. The van der Waals surface area contributed by atoms with Crippen molar-refractivity contribution in [1.82, 2.24) is 14.7 Å². The Morgan fingerprint density at radius 1 is 1.22 bits per heavy atom. The standard InChI is InChI=1S/C15H16FN3O.C2HF3O2/c16-11-2-1-7-19-12(11)8-17-14(19)15(20)18-13(9-3-4-9)10-5-6-10;3-2(4,5)1(6)7/h1-2,7-10,13H,3-6H2,(H,18,20);(H,6,7). The van der Waals surface area contributed by atoms with E-state index in [0.717, 1.165) is 0 Å². The topological polar surface area (TPSA) is 83.7 Å². The predicted octanol–water partition coefficient (Wildman–Crippen LogP) is 3.03. The van der Waals surface area contributed by atoms with Crippen LogP contribution >= 0.6 is 0 Å². The summed E-state index contributed by atoms with van der Waals surface area (Å²) in [6.45, 7) is 0. The summed E-state index contributed by atoms with van der Waals surface area (Å²) in [5.74, 6) is -1.78. The molecule has 0 bridgehead atoms. The van der Waals surface area contributed by atoms with Crippen molar-refractivity contribution >= 4 is 17.4 Å². The van der Waals surface area contributed by atoms with E-state index in [9.17, 15) is 22.4 Å². The molecule has 0 radical (unpaired) electrons. The summed E-state index contributed by atoms with van der Waals surface area (Å²) in [5.41, 5.74) is 0.340. The Hall–Kier alpha value is -2.65. The largest absolute Gasteiger partial charge is 0.490 e. The first-order valence-corrected chi connectivity index (χ1v) is 8.41. The van der Waals surface area contributed by atoms with E-state index in [1.165, 1.54) is 42.3 Å². The molecule has 6 nitrogen and oxygen atoms in total. The van der Waals surface area contributed by atoms with Gasteiger partial charge in [0.1, 0.15) is 11.3 Å². The fraction of sp³-hybridized carbons (Fsp3) is 0.471. The Balaban J connectivity index is 0.000000260. The molecular weight excluding hydrogens is 370 g/mol. The van der Waals surface area contributed by atoms with Gasteiger partial charge in [-0.3, -0.25) is 9.20 Å². The average Bonchev–Trinajstić information content (AvgIpc) is 3.50. The molecule has 2 aliphatic carbocycles. The second-order valence-electron chi connectivity index (χ2n) is 6.67. The Labute approximate surface area is 151 Å². The normalized spacial score (nSPS) is 16.8. The Morgan fingerprint density at radius 3 is 2.26 bits per heavy atom. The van der Waals surface area contributed by atoms with Crippen molar-refractivity contribution in [3.05, 3.63) is 36.2 Å². The number of rotatable bonds is 4. The number of hydrogen-bond acceptors (Lipinski definition) is 3. The molecule has 2 aliphatic rings. The van der Waals surface area contributed by atoms with Crippen LogP contribution in [0, 0.1) is 17.7 Å². The van der Waals surface area contributed by atoms with Gasteiger partial charge >= 0.3 is 12.1 Å². The molecule has 0 atom stereocenters. The van der Waals surface area contributed by atoms with Crippen LogP contribution in [0.15, 0.2) is 24.5 Å². The van der Waals surface area contributed by atoms with Crippen LogP contribution in [0.25, 0.3) is 5.52 Å². The highest BCUT2D eigenvalue weighted by molar-refractivity contribution is 5.92. The van der Waals surface area contributed by atoms with E-state index in [0.29, 0.717) is 17.4 Å². The van der Waals surface area contributed by atoms with Crippen LogP contribution < -0.4 is 5.32 Å². The van der Waals surface area contributed by atoms with Gasteiger partial charge in [-0.05, 0) is 49.7 Å². The van der Waals surface area contributed by atoms with Gasteiger partial charge in [0, 0.05) is 12.2 Å². The van der Waals surface area contributed by atoms with Crippen molar-refractivity contribution in [1.29, 1.82) is 0 Å². The van der Waals surface area contributed by atoms with Crippen molar-refractivity contribution in [2.45, 2.75) is 37.9 Å². The number of fused-ring (bicyclic) bond motifs is 1. The molecule has 0 aromatic carbocycles. The molecule has 0 saturated heterocycles. The van der Waals surface area contributed by atoms with Gasteiger partial charge in [-0.25, -0.2) is 14.2 Å². The molecule has 27 heavy (non-hydrogen) atoms. The molecule has 0 spiro atoms. The smallest absolute Gasteiger partial charge is 0.475 e. The maximum atomic E-state index is 13.6. The second kappa shape index (κ2) is 7.16. The number of hydrogen-bond donors (Lipinski definition) is 2. The van der Waals surface area contributed by atoms with E-state index >= 15 is 0 Å². The Morgan fingerprint density at radius 2 is 1.78 bits per heavy atom. The van der Waals surface area contributed by atoms with Gasteiger partial charge in [0.25, 0.3) is 5.91 Å². The number of carbonyl (C=O) groups is 2. The molecule has 2 aromatic rings. The molecule has 2 N–H and O–H groups in total. The van der Waals surface area contributed by atoms with Gasteiger partial charge in [0.05, 0.1) is 6.20 Å². The summed E-state index contributed by atoms with van der Waals surface area (Å²) in [7, 11) is 0. The minimum Gasteiger partial charge on any atom is -0.475 e. The fourth-order valence-electron chi connectivity index (χ4n) is 2.90. The second-order valence-corrected chi connectivity index (χ2v) is 6.67. The van der Waals surface area contributed by atoms with E-state index in [4.69, 9.17) is 9.90 Å². The number of pyridine rings is 1. The van der Waals surface area contributed by atoms with Crippen molar-refractivity contribution < 1.29 is 32.3 Å².